The quantitative estimate of drug-likeness (QED) is 0.761. The molecule has 4 rings (SSSR count). The number of imide groups is 1. The molecule has 7 heteroatoms. The average molecular weight is 333 g/mol. The second kappa shape index (κ2) is 5.34. The molecule has 1 spiro atoms. The summed E-state index contributed by atoms with van der Waals surface area (Å²) in [6, 6.07) is 5.92. The maximum absolute atomic E-state index is 13.0. The summed E-state index contributed by atoms with van der Waals surface area (Å²) in [5.41, 5.74) is 0.266. The molecule has 2 unspecified atom stereocenters. The molecule has 3 fully saturated rings. The first-order chi connectivity index (χ1) is 11.4. The fraction of sp³-hybridized carbons (Fsp3) is 0.529. The van der Waals surface area contributed by atoms with E-state index >= 15 is 0 Å². The molecule has 0 saturated carbocycles. The van der Waals surface area contributed by atoms with Crippen LogP contribution in [0.5, 0.6) is 0 Å². The number of halogens is 1. The number of piperazine rings is 1. The van der Waals surface area contributed by atoms with E-state index in [1.807, 2.05) is 4.90 Å². The molecule has 24 heavy (non-hydrogen) atoms. The number of carbonyl (C=O) groups is 2. The third-order valence-electron chi connectivity index (χ3n) is 5.44. The molecule has 0 radical (unpaired) electrons. The fourth-order valence-electron chi connectivity index (χ4n) is 4.25. The van der Waals surface area contributed by atoms with Crippen LogP contribution in [0.1, 0.15) is 12.0 Å². The van der Waals surface area contributed by atoms with Crippen molar-refractivity contribution in [1.29, 1.82) is 0 Å². The summed E-state index contributed by atoms with van der Waals surface area (Å²) in [6.45, 7) is 2.03. The van der Waals surface area contributed by atoms with E-state index in [9.17, 15) is 19.1 Å². The van der Waals surface area contributed by atoms with Crippen LogP contribution in [-0.2, 0) is 16.1 Å². The molecule has 3 aliphatic heterocycles. The smallest absolute Gasteiger partial charge is 0.252 e. The molecule has 128 valence electrons. The highest BCUT2D eigenvalue weighted by atomic mass is 19.1. The monoisotopic (exact) mass is 333 g/mol. The van der Waals surface area contributed by atoms with Gasteiger partial charge in [0.05, 0.1) is 12.1 Å². The number of carbonyl (C=O) groups excluding carboxylic acids is 2. The Bertz CT molecular complexity index is 687. The van der Waals surface area contributed by atoms with Crippen LogP contribution in [0.4, 0.5) is 4.39 Å². The van der Waals surface area contributed by atoms with E-state index in [0.29, 0.717) is 32.6 Å². The second-order valence-corrected chi connectivity index (χ2v) is 7.06. The van der Waals surface area contributed by atoms with Crippen molar-refractivity contribution in [3.05, 3.63) is 35.6 Å². The van der Waals surface area contributed by atoms with Crippen molar-refractivity contribution >= 4 is 11.8 Å². The summed E-state index contributed by atoms with van der Waals surface area (Å²) in [7, 11) is 1.52. The fourth-order valence-corrected chi connectivity index (χ4v) is 4.25. The van der Waals surface area contributed by atoms with Crippen LogP contribution in [0.25, 0.3) is 0 Å². The molecule has 1 aromatic carbocycles. The molecule has 3 heterocycles. The van der Waals surface area contributed by atoms with Crippen LogP contribution in [0, 0.1) is 5.82 Å². The second-order valence-electron chi connectivity index (χ2n) is 7.06. The van der Waals surface area contributed by atoms with Gasteiger partial charge in [0.15, 0.2) is 0 Å². The Morgan fingerprint density at radius 3 is 2.58 bits per heavy atom. The standard InChI is InChI=1S/C17H20FN3O3/c1-19-15(23)14-6-13(22)8-21(14)17(16(19)24)9-20(10-17)7-11-2-4-12(18)5-3-11/h2-5,13-14,22H,6-10H2,1H3. The molecule has 1 aromatic rings. The van der Waals surface area contributed by atoms with Crippen LogP contribution < -0.4 is 0 Å². The number of amides is 2. The van der Waals surface area contributed by atoms with Crippen molar-refractivity contribution in [1.82, 2.24) is 14.7 Å². The van der Waals surface area contributed by atoms with Crippen molar-refractivity contribution < 1.29 is 19.1 Å². The van der Waals surface area contributed by atoms with Gasteiger partial charge >= 0.3 is 0 Å². The van der Waals surface area contributed by atoms with Gasteiger partial charge in [-0.05, 0) is 24.1 Å². The van der Waals surface area contributed by atoms with E-state index in [1.165, 1.54) is 24.1 Å². The van der Waals surface area contributed by atoms with E-state index in [0.717, 1.165) is 5.56 Å². The molecular formula is C17H20FN3O3. The molecular weight excluding hydrogens is 313 g/mol. The molecule has 3 saturated heterocycles. The van der Waals surface area contributed by atoms with E-state index in [1.54, 1.807) is 12.1 Å². The topological polar surface area (TPSA) is 64.1 Å². The highest BCUT2D eigenvalue weighted by Gasteiger charge is 2.63. The minimum atomic E-state index is -0.717. The van der Waals surface area contributed by atoms with Crippen LogP contribution in [0.2, 0.25) is 0 Å². The lowest BCUT2D eigenvalue weighted by molar-refractivity contribution is -0.178. The average Bonchev–Trinajstić information content (AvgIpc) is 2.91. The van der Waals surface area contributed by atoms with Gasteiger partial charge in [0.2, 0.25) is 5.91 Å². The third-order valence-corrected chi connectivity index (χ3v) is 5.44. The first-order valence-corrected chi connectivity index (χ1v) is 8.14. The van der Waals surface area contributed by atoms with E-state index in [4.69, 9.17) is 0 Å². The summed E-state index contributed by atoms with van der Waals surface area (Å²) in [4.78, 5) is 30.3. The van der Waals surface area contributed by atoms with E-state index in [2.05, 4.69) is 4.90 Å². The number of β-amino-alcohol motifs (C(OH)–C–C–N with tert-alkyl or cyclic N) is 1. The third kappa shape index (κ3) is 2.19. The van der Waals surface area contributed by atoms with Crippen LogP contribution in [0.3, 0.4) is 0 Å². The lowest BCUT2D eigenvalue weighted by atomic mass is 9.82. The van der Waals surface area contributed by atoms with Crippen molar-refractivity contribution in [2.75, 3.05) is 26.7 Å². The summed E-state index contributed by atoms with van der Waals surface area (Å²) < 4.78 is 13.0. The Balaban J connectivity index is 1.52. The number of hydrogen-bond acceptors (Lipinski definition) is 5. The van der Waals surface area contributed by atoms with E-state index in [-0.39, 0.29) is 17.6 Å². The Labute approximate surface area is 139 Å². The zero-order chi connectivity index (χ0) is 17.1. The zero-order valence-corrected chi connectivity index (χ0v) is 13.5. The molecule has 0 aromatic heterocycles. The van der Waals surface area contributed by atoms with Crippen LogP contribution in [0.15, 0.2) is 24.3 Å². The Morgan fingerprint density at radius 2 is 1.92 bits per heavy atom. The highest BCUT2D eigenvalue weighted by Crippen LogP contribution is 2.40. The zero-order valence-electron chi connectivity index (χ0n) is 13.5. The van der Waals surface area contributed by atoms with Gasteiger partial charge in [-0.25, -0.2) is 4.39 Å². The predicted molar refractivity (Wildman–Crippen MR) is 83.3 cm³/mol. The number of likely N-dealkylation sites (N-methyl/N-ethyl adjacent to an activating group) is 1. The number of fused-ring (bicyclic) bond motifs is 2. The number of likely N-dealkylation sites (tertiary alicyclic amines) is 1. The first kappa shape index (κ1) is 15.7. The summed E-state index contributed by atoms with van der Waals surface area (Å²) in [5.74, 6) is -0.678. The molecule has 6 nitrogen and oxygen atoms in total. The number of aliphatic hydroxyl groups is 1. The predicted octanol–water partition coefficient (Wildman–Crippen LogP) is -0.186. The summed E-state index contributed by atoms with van der Waals surface area (Å²) in [6.07, 6.45) is -0.183. The van der Waals surface area contributed by atoms with Gasteiger partial charge in [-0.15, -0.1) is 0 Å². The number of benzene rings is 1. The highest BCUT2D eigenvalue weighted by molar-refractivity contribution is 6.05. The van der Waals surface area contributed by atoms with Gasteiger partial charge in [-0.2, -0.15) is 0 Å². The van der Waals surface area contributed by atoms with Gasteiger partial charge in [-0.1, -0.05) is 12.1 Å². The Hall–Kier alpha value is -1.83. The number of nitrogens with zero attached hydrogens (tertiary/aromatic N) is 3. The lowest BCUT2D eigenvalue weighted by Gasteiger charge is -2.58. The minimum absolute atomic E-state index is 0.187. The van der Waals surface area contributed by atoms with Gasteiger partial charge in [0.25, 0.3) is 5.91 Å². The summed E-state index contributed by atoms with van der Waals surface area (Å²) in [5, 5.41) is 9.96. The molecule has 1 N–H and O–H groups in total. The van der Waals surface area contributed by atoms with Gasteiger partial charge in [0, 0.05) is 33.2 Å². The minimum Gasteiger partial charge on any atom is -0.392 e. The van der Waals surface area contributed by atoms with Crippen LogP contribution in [-0.4, -0.2) is 76.0 Å². The van der Waals surface area contributed by atoms with Gasteiger partial charge in [0.1, 0.15) is 11.4 Å². The molecule has 2 atom stereocenters. The normalized spacial score (nSPS) is 29.9. The maximum atomic E-state index is 13.0. The Kier molecular flexibility index (Phi) is 3.49. The number of rotatable bonds is 2. The molecule has 2 amide bonds. The molecule has 0 bridgehead atoms. The number of hydrogen-bond donors (Lipinski definition) is 1. The maximum Gasteiger partial charge on any atom is 0.252 e. The largest absolute Gasteiger partial charge is 0.392 e. The van der Waals surface area contributed by atoms with Crippen molar-refractivity contribution in [2.24, 2.45) is 0 Å². The van der Waals surface area contributed by atoms with E-state index < -0.39 is 17.7 Å². The lowest BCUT2D eigenvalue weighted by Crippen LogP contribution is -2.80. The van der Waals surface area contributed by atoms with Crippen molar-refractivity contribution in [3.8, 4) is 0 Å². The Morgan fingerprint density at radius 1 is 1.25 bits per heavy atom. The van der Waals surface area contributed by atoms with Gasteiger partial charge < -0.3 is 5.11 Å². The van der Waals surface area contributed by atoms with Crippen molar-refractivity contribution in [3.63, 3.8) is 0 Å². The van der Waals surface area contributed by atoms with Gasteiger partial charge in [-0.3, -0.25) is 24.3 Å². The number of aliphatic hydroxyl groups excluding tert-OH is 1. The SMILES string of the molecule is CN1C(=O)C2CC(O)CN2C2(CN(Cc3ccc(F)cc3)C2)C1=O. The summed E-state index contributed by atoms with van der Waals surface area (Å²) >= 11 is 0. The molecule has 0 aliphatic carbocycles. The van der Waals surface area contributed by atoms with Crippen LogP contribution >= 0.6 is 0 Å². The molecule has 3 aliphatic rings. The van der Waals surface area contributed by atoms with Crippen molar-refractivity contribution in [2.45, 2.75) is 30.7 Å². The first-order valence-electron chi connectivity index (χ1n) is 8.14.